The van der Waals surface area contributed by atoms with Crippen LogP contribution in [0.25, 0.3) is 0 Å². The second-order valence-electron chi connectivity index (χ2n) is 1.56. The predicted molar refractivity (Wildman–Crippen MR) is 47.4 cm³/mol. The molecule has 0 aromatic carbocycles. The largest absolute Gasteiger partial charge is 0.412 e. The summed E-state index contributed by atoms with van der Waals surface area (Å²) in [5, 5.41) is 2.44. The maximum Gasteiger partial charge on any atom is 0.336 e. The Hall–Kier alpha value is -0.800. The number of hydrogen-bond acceptors (Lipinski definition) is 3. The molecule has 0 saturated carbocycles. The van der Waals surface area contributed by atoms with E-state index in [9.17, 15) is 4.79 Å². The van der Waals surface area contributed by atoms with Crippen molar-refractivity contribution in [2.75, 3.05) is 0 Å². The van der Waals surface area contributed by atoms with Crippen molar-refractivity contribution >= 4 is 29.7 Å². The number of esters is 1. The van der Waals surface area contributed by atoms with Crippen LogP contribution in [0, 0.1) is 0 Å². The van der Waals surface area contributed by atoms with Gasteiger partial charge in [-0.2, -0.15) is 0 Å². The Labute approximate surface area is 74.9 Å². The third-order valence-corrected chi connectivity index (χ3v) is 1.61. The highest BCUT2D eigenvalue weighted by Crippen LogP contribution is 2.17. The molecule has 4 heteroatoms. The number of hydrogen-bond donors (Lipinski definition) is 0. The van der Waals surface area contributed by atoms with Crippen LogP contribution >= 0.6 is 23.7 Å². The lowest BCUT2D eigenvalue weighted by Gasteiger charge is -1.92. The molecule has 0 spiro atoms. The Balaban J connectivity index is 0.000001000. The van der Waals surface area contributed by atoms with Gasteiger partial charge in [0.2, 0.25) is 0 Å². The van der Waals surface area contributed by atoms with Crippen LogP contribution in [-0.2, 0) is 4.79 Å². The van der Waals surface area contributed by atoms with Gasteiger partial charge in [0.05, 0.1) is 0 Å². The van der Waals surface area contributed by atoms with E-state index in [1.807, 2.05) is 11.4 Å². The van der Waals surface area contributed by atoms with Gasteiger partial charge in [-0.1, -0.05) is 6.58 Å². The first-order valence-electron chi connectivity index (χ1n) is 2.70. The summed E-state index contributed by atoms with van der Waals surface area (Å²) in [5.41, 5.74) is 0. The van der Waals surface area contributed by atoms with E-state index in [0.717, 1.165) is 6.08 Å². The van der Waals surface area contributed by atoms with Gasteiger partial charge in [-0.05, 0) is 17.5 Å². The number of rotatable bonds is 2. The Bertz CT molecular complexity index is 231. The van der Waals surface area contributed by atoms with Crippen molar-refractivity contribution in [1.82, 2.24) is 0 Å². The highest BCUT2D eigenvalue weighted by Gasteiger charge is 1.97. The minimum absolute atomic E-state index is 0. The normalized spacial score (nSPS) is 8.00. The minimum Gasteiger partial charge on any atom is -0.412 e. The molecule has 2 nitrogen and oxygen atoms in total. The molecular formula is C7H7ClO2S. The monoisotopic (exact) mass is 190 g/mol. The van der Waals surface area contributed by atoms with E-state index < -0.39 is 5.97 Å². The lowest BCUT2D eigenvalue weighted by Crippen LogP contribution is -2.00. The Morgan fingerprint density at radius 3 is 2.91 bits per heavy atom. The SMILES string of the molecule is C=CC(=O)Oc1cccs1.Cl. The standard InChI is InChI=1S/C7H6O2S.ClH/c1-2-6(8)9-7-4-3-5-10-7;/h2-5H,1H2;1H. The molecule has 0 aliphatic heterocycles. The van der Waals surface area contributed by atoms with Gasteiger partial charge in [-0.3, -0.25) is 0 Å². The summed E-state index contributed by atoms with van der Waals surface area (Å²) in [6, 6.07) is 3.54. The summed E-state index contributed by atoms with van der Waals surface area (Å²) in [6.07, 6.45) is 1.14. The quantitative estimate of drug-likeness (QED) is 0.528. The van der Waals surface area contributed by atoms with Crippen molar-refractivity contribution in [3.8, 4) is 5.06 Å². The van der Waals surface area contributed by atoms with Crippen LogP contribution in [0.4, 0.5) is 0 Å². The average molecular weight is 191 g/mol. The summed E-state index contributed by atoms with van der Waals surface area (Å²) in [4.78, 5) is 10.5. The molecule has 1 aromatic heterocycles. The summed E-state index contributed by atoms with van der Waals surface area (Å²) in [7, 11) is 0. The molecule has 0 fully saturated rings. The molecule has 0 bridgehead atoms. The highest BCUT2D eigenvalue weighted by molar-refractivity contribution is 7.11. The van der Waals surface area contributed by atoms with Crippen LogP contribution in [0.3, 0.4) is 0 Å². The predicted octanol–water partition coefficient (Wildman–Crippen LogP) is 2.26. The topological polar surface area (TPSA) is 26.3 Å². The first kappa shape index (κ1) is 10.2. The molecule has 0 aliphatic carbocycles. The fourth-order valence-corrected chi connectivity index (χ4v) is 1.04. The second-order valence-corrected chi connectivity index (χ2v) is 2.47. The Morgan fingerprint density at radius 2 is 2.45 bits per heavy atom. The van der Waals surface area contributed by atoms with E-state index in [1.54, 1.807) is 6.07 Å². The summed E-state index contributed by atoms with van der Waals surface area (Å²) < 4.78 is 4.77. The van der Waals surface area contributed by atoms with Gasteiger partial charge in [-0.25, -0.2) is 4.79 Å². The van der Waals surface area contributed by atoms with Crippen molar-refractivity contribution < 1.29 is 9.53 Å². The van der Waals surface area contributed by atoms with E-state index in [4.69, 9.17) is 4.74 Å². The number of carbonyl (C=O) groups is 1. The zero-order chi connectivity index (χ0) is 7.40. The zero-order valence-corrected chi connectivity index (χ0v) is 7.28. The van der Waals surface area contributed by atoms with E-state index >= 15 is 0 Å². The van der Waals surface area contributed by atoms with Crippen molar-refractivity contribution in [1.29, 1.82) is 0 Å². The molecular weight excluding hydrogens is 184 g/mol. The van der Waals surface area contributed by atoms with E-state index in [1.165, 1.54) is 11.3 Å². The van der Waals surface area contributed by atoms with Crippen LogP contribution < -0.4 is 4.74 Å². The van der Waals surface area contributed by atoms with Crippen molar-refractivity contribution in [2.45, 2.75) is 0 Å². The molecule has 0 aliphatic rings. The van der Waals surface area contributed by atoms with E-state index in [2.05, 4.69) is 6.58 Å². The molecule has 0 unspecified atom stereocenters. The molecule has 0 N–H and O–H groups in total. The Morgan fingerprint density at radius 1 is 1.73 bits per heavy atom. The molecule has 11 heavy (non-hydrogen) atoms. The van der Waals surface area contributed by atoms with E-state index in [-0.39, 0.29) is 12.4 Å². The summed E-state index contributed by atoms with van der Waals surface area (Å²) >= 11 is 1.38. The van der Waals surface area contributed by atoms with Gasteiger partial charge in [0.1, 0.15) is 0 Å². The lowest BCUT2D eigenvalue weighted by atomic mass is 10.6. The van der Waals surface area contributed by atoms with Crippen LogP contribution in [0.15, 0.2) is 30.2 Å². The molecule has 0 saturated heterocycles. The maximum absolute atomic E-state index is 10.5. The van der Waals surface area contributed by atoms with Crippen molar-refractivity contribution in [3.63, 3.8) is 0 Å². The molecule has 0 atom stereocenters. The minimum atomic E-state index is -0.414. The maximum atomic E-state index is 10.5. The van der Waals surface area contributed by atoms with Gasteiger partial charge in [-0.15, -0.1) is 23.7 Å². The molecule has 1 heterocycles. The van der Waals surface area contributed by atoms with Crippen molar-refractivity contribution in [3.05, 3.63) is 30.2 Å². The van der Waals surface area contributed by atoms with Gasteiger partial charge >= 0.3 is 5.97 Å². The smallest absolute Gasteiger partial charge is 0.336 e. The van der Waals surface area contributed by atoms with Crippen LogP contribution in [-0.4, -0.2) is 5.97 Å². The first-order valence-corrected chi connectivity index (χ1v) is 3.58. The van der Waals surface area contributed by atoms with Crippen LogP contribution in [0.2, 0.25) is 0 Å². The number of thiophene rings is 1. The highest BCUT2D eigenvalue weighted by atomic mass is 35.5. The fourth-order valence-electron chi connectivity index (χ4n) is 0.462. The van der Waals surface area contributed by atoms with Gasteiger partial charge in [0.15, 0.2) is 5.06 Å². The molecule has 1 rings (SSSR count). The summed E-state index contributed by atoms with van der Waals surface area (Å²) in [5.74, 6) is -0.414. The number of carbonyl (C=O) groups excluding carboxylic acids is 1. The third-order valence-electron chi connectivity index (χ3n) is 0.863. The Kier molecular flexibility index (Phi) is 4.57. The molecule has 60 valence electrons. The zero-order valence-electron chi connectivity index (χ0n) is 5.65. The molecule has 0 radical (unpaired) electrons. The van der Waals surface area contributed by atoms with Crippen molar-refractivity contribution in [2.24, 2.45) is 0 Å². The average Bonchev–Trinajstić information content (AvgIpc) is 2.40. The van der Waals surface area contributed by atoms with E-state index in [0.29, 0.717) is 5.06 Å². The lowest BCUT2D eigenvalue weighted by molar-refractivity contribution is -0.128. The third kappa shape index (κ3) is 3.20. The fraction of sp³-hybridized carbons (Fsp3) is 0. The summed E-state index contributed by atoms with van der Waals surface area (Å²) in [6.45, 7) is 3.27. The van der Waals surface area contributed by atoms with Gasteiger partial charge < -0.3 is 4.74 Å². The molecule has 0 amide bonds. The number of ether oxygens (including phenoxy) is 1. The second kappa shape index (κ2) is 4.93. The number of halogens is 1. The van der Waals surface area contributed by atoms with Gasteiger partial charge in [0, 0.05) is 6.08 Å². The first-order chi connectivity index (χ1) is 4.83. The molecule has 1 aromatic rings. The van der Waals surface area contributed by atoms with Gasteiger partial charge in [0.25, 0.3) is 0 Å². The van der Waals surface area contributed by atoms with Crippen LogP contribution in [0.5, 0.6) is 5.06 Å². The van der Waals surface area contributed by atoms with Crippen LogP contribution in [0.1, 0.15) is 0 Å².